The van der Waals surface area contributed by atoms with Crippen LogP contribution in [-0.4, -0.2) is 36.5 Å². The standard InChI is InChI=1S/C24H34ClN5O2Si/c1-24(2,3)33(4,5)32-18-12-10-17(11-13-18)27-22-26-14-16-15-30(23(31)29-21(16)28-22)20-9-7-6-8-19(20)25/h6-9,14,17-18H,10-13,15H2,1-5H3,(H2,26,27,28,29,31)/t17-,18-. The maximum Gasteiger partial charge on any atom is 0.327 e. The summed E-state index contributed by atoms with van der Waals surface area (Å²) >= 11 is 6.28. The van der Waals surface area contributed by atoms with Crippen LogP contribution in [0.5, 0.6) is 0 Å². The highest BCUT2D eigenvalue weighted by Gasteiger charge is 2.40. The molecular formula is C24H34ClN5O2Si. The van der Waals surface area contributed by atoms with Gasteiger partial charge >= 0.3 is 6.03 Å². The fourth-order valence-electron chi connectivity index (χ4n) is 4.08. The quantitative estimate of drug-likeness (QED) is 0.475. The molecule has 2 aromatic rings. The lowest BCUT2D eigenvalue weighted by atomic mass is 9.93. The van der Waals surface area contributed by atoms with Gasteiger partial charge in [0.2, 0.25) is 5.95 Å². The number of nitrogens with one attached hydrogen (secondary N) is 2. The maximum absolute atomic E-state index is 12.7. The number of fused-ring (bicyclic) bond motifs is 1. The number of anilines is 3. The highest BCUT2D eigenvalue weighted by Crippen LogP contribution is 2.39. The highest BCUT2D eigenvalue weighted by atomic mass is 35.5. The summed E-state index contributed by atoms with van der Waals surface area (Å²) < 4.78 is 6.60. The molecule has 2 amide bonds. The van der Waals surface area contributed by atoms with Gasteiger partial charge in [0.25, 0.3) is 0 Å². The van der Waals surface area contributed by atoms with E-state index in [0.717, 1.165) is 31.2 Å². The Balaban J connectivity index is 1.36. The second-order valence-electron chi connectivity index (χ2n) is 10.5. The smallest absolute Gasteiger partial charge is 0.327 e. The Kier molecular flexibility index (Phi) is 6.71. The average molecular weight is 488 g/mol. The van der Waals surface area contributed by atoms with Gasteiger partial charge in [-0.25, -0.2) is 9.78 Å². The Bertz CT molecular complexity index is 1020. The van der Waals surface area contributed by atoms with Crippen LogP contribution >= 0.6 is 11.6 Å². The van der Waals surface area contributed by atoms with Crippen LogP contribution in [0.4, 0.5) is 22.2 Å². The average Bonchev–Trinajstić information content (AvgIpc) is 2.74. The summed E-state index contributed by atoms with van der Waals surface area (Å²) in [5, 5.41) is 7.10. The van der Waals surface area contributed by atoms with E-state index in [1.54, 1.807) is 17.2 Å². The number of amides is 2. The van der Waals surface area contributed by atoms with Crippen molar-refractivity contribution in [3.63, 3.8) is 0 Å². The molecule has 1 aromatic heterocycles. The van der Waals surface area contributed by atoms with Crippen molar-refractivity contribution in [2.24, 2.45) is 0 Å². The minimum absolute atomic E-state index is 0.227. The zero-order valence-corrected chi connectivity index (χ0v) is 21.9. The summed E-state index contributed by atoms with van der Waals surface area (Å²) in [7, 11) is -1.74. The molecule has 7 nitrogen and oxygen atoms in total. The molecule has 0 spiro atoms. The summed E-state index contributed by atoms with van der Waals surface area (Å²) in [6, 6.07) is 7.36. The van der Waals surface area contributed by atoms with E-state index in [1.165, 1.54) is 0 Å². The second-order valence-corrected chi connectivity index (χ2v) is 15.7. The number of benzene rings is 1. The molecule has 9 heteroatoms. The Labute approximate surface area is 202 Å². The Hall–Kier alpha value is -2.16. The monoisotopic (exact) mass is 487 g/mol. The second kappa shape index (κ2) is 9.23. The van der Waals surface area contributed by atoms with E-state index >= 15 is 0 Å². The van der Waals surface area contributed by atoms with Crippen LogP contribution in [0, 0.1) is 0 Å². The van der Waals surface area contributed by atoms with E-state index in [4.69, 9.17) is 16.0 Å². The SMILES string of the molecule is CC(C)(C)[Si](C)(C)O[C@H]1CC[C@H](Nc2ncc3c(n2)NC(=O)N(c2ccccc2Cl)C3)CC1. The number of urea groups is 1. The third-order valence-corrected chi connectivity index (χ3v) is 11.9. The summed E-state index contributed by atoms with van der Waals surface area (Å²) in [6.07, 6.45) is 6.24. The first kappa shape index (κ1) is 24.0. The number of nitrogens with zero attached hydrogens (tertiary/aromatic N) is 3. The molecular weight excluding hydrogens is 454 g/mol. The molecule has 33 heavy (non-hydrogen) atoms. The van der Waals surface area contributed by atoms with Crippen LogP contribution in [0.15, 0.2) is 30.5 Å². The largest absolute Gasteiger partial charge is 0.414 e. The number of para-hydroxylation sites is 1. The first-order valence-electron chi connectivity index (χ1n) is 11.7. The zero-order valence-electron chi connectivity index (χ0n) is 20.1. The van der Waals surface area contributed by atoms with Crippen LogP contribution in [0.2, 0.25) is 23.2 Å². The van der Waals surface area contributed by atoms with Gasteiger partial charge in [0.15, 0.2) is 8.32 Å². The Morgan fingerprint density at radius 3 is 2.55 bits per heavy atom. The molecule has 2 aliphatic rings. The molecule has 2 heterocycles. The van der Waals surface area contributed by atoms with Gasteiger partial charge in [0, 0.05) is 23.9 Å². The predicted octanol–water partition coefficient (Wildman–Crippen LogP) is 6.43. The zero-order chi connectivity index (χ0) is 23.8. The molecule has 0 radical (unpaired) electrons. The fourth-order valence-corrected chi connectivity index (χ4v) is 5.74. The highest BCUT2D eigenvalue weighted by molar-refractivity contribution is 6.74. The number of hydrogen-bond donors (Lipinski definition) is 2. The van der Waals surface area contributed by atoms with Gasteiger partial charge in [-0.3, -0.25) is 10.2 Å². The van der Waals surface area contributed by atoms with Gasteiger partial charge in [-0.1, -0.05) is 44.5 Å². The third-order valence-electron chi connectivity index (χ3n) is 7.08. The molecule has 1 fully saturated rings. The van der Waals surface area contributed by atoms with E-state index in [0.29, 0.717) is 41.2 Å². The van der Waals surface area contributed by atoms with E-state index in [-0.39, 0.29) is 11.1 Å². The summed E-state index contributed by atoms with van der Waals surface area (Å²) in [5.74, 6) is 1.10. The van der Waals surface area contributed by atoms with Crippen LogP contribution < -0.4 is 15.5 Å². The molecule has 1 aromatic carbocycles. The van der Waals surface area contributed by atoms with E-state index < -0.39 is 8.32 Å². The van der Waals surface area contributed by atoms with Gasteiger partial charge in [0.1, 0.15) is 5.82 Å². The first-order chi connectivity index (χ1) is 15.5. The number of hydrogen-bond acceptors (Lipinski definition) is 5. The van der Waals surface area contributed by atoms with Gasteiger partial charge < -0.3 is 9.74 Å². The van der Waals surface area contributed by atoms with Crippen molar-refractivity contribution in [1.29, 1.82) is 0 Å². The van der Waals surface area contributed by atoms with E-state index in [9.17, 15) is 4.79 Å². The minimum Gasteiger partial charge on any atom is -0.414 e. The van der Waals surface area contributed by atoms with Gasteiger partial charge in [-0.05, 0) is 55.9 Å². The molecule has 1 aliphatic carbocycles. The summed E-state index contributed by atoms with van der Waals surface area (Å²) in [6.45, 7) is 11.9. The lowest BCUT2D eigenvalue weighted by molar-refractivity contribution is 0.133. The van der Waals surface area contributed by atoms with Gasteiger partial charge in [-0.15, -0.1) is 0 Å². The van der Waals surface area contributed by atoms with Crippen molar-refractivity contribution in [2.45, 2.75) is 83.3 Å². The number of aromatic nitrogens is 2. The van der Waals surface area contributed by atoms with Gasteiger partial charge in [0.05, 0.1) is 17.3 Å². The number of halogens is 1. The third kappa shape index (κ3) is 5.33. The van der Waals surface area contributed by atoms with E-state index in [2.05, 4.69) is 54.5 Å². The molecule has 2 N–H and O–H groups in total. The molecule has 0 saturated heterocycles. The Morgan fingerprint density at radius 1 is 1.18 bits per heavy atom. The van der Waals surface area contributed by atoms with E-state index in [1.807, 2.05) is 18.2 Å². The van der Waals surface area contributed by atoms with Crippen LogP contribution in [-0.2, 0) is 11.0 Å². The number of carbonyl (C=O) groups excluding carboxylic acids is 1. The van der Waals surface area contributed by atoms with Crippen LogP contribution in [0.1, 0.15) is 52.0 Å². The molecule has 0 atom stereocenters. The summed E-state index contributed by atoms with van der Waals surface area (Å²) in [5.41, 5.74) is 1.52. The minimum atomic E-state index is -1.74. The van der Waals surface area contributed by atoms with Crippen molar-refractivity contribution in [1.82, 2.24) is 9.97 Å². The van der Waals surface area contributed by atoms with Crippen molar-refractivity contribution in [3.05, 3.63) is 41.0 Å². The lowest BCUT2D eigenvalue weighted by Crippen LogP contribution is -2.45. The fraction of sp³-hybridized carbons (Fsp3) is 0.542. The maximum atomic E-state index is 12.7. The molecule has 0 unspecified atom stereocenters. The van der Waals surface area contributed by atoms with Crippen molar-refractivity contribution < 1.29 is 9.22 Å². The first-order valence-corrected chi connectivity index (χ1v) is 15.0. The van der Waals surface area contributed by atoms with Crippen LogP contribution in [0.3, 0.4) is 0 Å². The lowest BCUT2D eigenvalue weighted by Gasteiger charge is -2.41. The Morgan fingerprint density at radius 2 is 1.88 bits per heavy atom. The van der Waals surface area contributed by atoms with Crippen molar-refractivity contribution >= 4 is 43.4 Å². The van der Waals surface area contributed by atoms with Crippen LogP contribution in [0.25, 0.3) is 0 Å². The number of carbonyl (C=O) groups is 1. The predicted molar refractivity (Wildman–Crippen MR) is 137 cm³/mol. The topological polar surface area (TPSA) is 79.4 Å². The molecule has 1 aliphatic heterocycles. The summed E-state index contributed by atoms with van der Waals surface area (Å²) in [4.78, 5) is 23.4. The normalized spacial score (nSPS) is 21.4. The molecule has 178 valence electrons. The van der Waals surface area contributed by atoms with Gasteiger partial charge in [-0.2, -0.15) is 4.98 Å². The molecule has 1 saturated carbocycles. The molecule has 4 rings (SSSR count). The molecule has 0 bridgehead atoms. The van der Waals surface area contributed by atoms with Crippen molar-refractivity contribution in [3.8, 4) is 0 Å². The number of rotatable bonds is 5. The van der Waals surface area contributed by atoms with Crippen molar-refractivity contribution in [2.75, 3.05) is 15.5 Å².